The summed E-state index contributed by atoms with van der Waals surface area (Å²) in [5, 5.41) is 14.0. The predicted octanol–water partition coefficient (Wildman–Crippen LogP) is 1.64. The van der Waals surface area contributed by atoms with Crippen LogP contribution in [0.2, 0.25) is 0 Å². The van der Waals surface area contributed by atoms with Crippen molar-refractivity contribution >= 4 is 28.3 Å². The predicted molar refractivity (Wildman–Crippen MR) is 117 cm³/mol. The van der Waals surface area contributed by atoms with E-state index in [0.717, 1.165) is 61.3 Å². The number of likely N-dealkylation sites (tertiary alicyclic amines) is 1. The number of carbonyl (C=O) groups excluding carboxylic acids is 1. The molecule has 0 saturated carbocycles. The fourth-order valence-electron chi connectivity index (χ4n) is 4.05. The number of nitrogens with one attached hydrogen (secondary N) is 2. The van der Waals surface area contributed by atoms with Gasteiger partial charge in [-0.15, -0.1) is 0 Å². The highest BCUT2D eigenvalue weighted by atomic mass is 16.2. The van der Waals surface area contributed by atoms with Crippen molar-refractivity contribution in [2.24, 2.45) is 5.92 Å². The number of pyridine rings is 1. The molecule has 1 aliphatic rings. The number of amides is 2. The van der Waals surface area contributed by atoms with E-state index in [1.54, 1.807) is 12.4 Å². The molecule has 4 rings (SSSR count). The number of urea groups is 1. The summed E-state index contributed by atoms with van der Waals surface area (Å²) in [6.07, 6.45) is 9.34. The lowest BCUT2D eigenvalue weighted by Gasteiger charge is -2.30. The van der Waals surface area contributed by atoms with E-state index in [2.05, 4.69) is 37.0 Å². The summed E-state index contributed by atoms with van der Waals surface area (Å²) in [6, 6.07) is 7.29. The Morgan fingerprint density at radius 3 is 3.07 bits per heavy atom. The first-order valence-electron chi connectivity index (χ1n) is 10.4. The molecule has 0 aliphatic carbocycles. The van der Waals surface area contributed by atoms with Crippen molar-refractivity contribution in [3.63, 3.8) is 0 Å². The molecule has 1 fully saturated rings. The topological polar surface area (TPSA) is 101 Å². The van der Waals surface area contributed by atoms with E-state index in [1.807, 2.05) is 36.7 Å². The van der Waals surface area contributed by atoms with Crippen LogP contribution >= 0.6 is 0 Å². The second-order valence-electron chi connectivity index (χ2n) is 7.64. The Labute approximate surface area is 175 Å². The van der Waals surface area contributed by atoms with Crippen LogP contribution in [0.5, 0.6) is 0 Å². The minimum atomic E-state index is -0.324. The number of fused-ring (bicyclic) bond motifs is 1. The number of nitrogens with two attached hydrogens (primary N) is 1. The van der Waals surface area contributed by atoms with Crippen LogP contribution in [0.3, 0.4) is 0 Å². The van der Waals surface area contributed by atoms with Crippen molar-refractivity contribution in [3.8, 4) is 0 Å². The van der Waals surface area contributed by atoms with E-state index in [1.165, 1.54) is 0 Å². The van der Waals surface area contributed by atoms with Gasteiger partial charge in [0, 0.05) is 48.6 Å². The minimum Gasteiger partial charge on any atom is -0.334 e. The summed E-state index contributed by atoms with van der Waals surface area (Å²) < 4.78 is 2.15. The number of hydrogen-bond donors (Lipinski definition) is 3. The van der Waals surface area contributed by atoms with Gasteiger partial charge in [0.05, 0.1) is 18.2 Å². The number of aromatic nitrogens is 3. The van der Waals surface area contributed by atoms with Crippen molar-refractivity contribution in [1.29, 1.82) is 0 Å². The Kier molecular flexibility index (Phi) is 6.04. The highest BCUT2D eigenvalue weighted by molar-refractivity contribution is 6.06. The summed E-state index contributed by atoms with van der Waals surface area (Å²) in [7, 11) is 0. The van der Waals surface area contributed by atoms with Gasteiger partial charge in [0.15, 0.2) is 0 Å². The quantitative estimate of drug-likeness (QED) is 0.443. The first-order chi connectivity index (χ1) is 14.6. The van der Waals surface area contributed by atoms with Crippen LogP contribution in [0.4, 0.5) is 10.5 Å². The van der Waals surface area contributed by atoms with Crippen LogP contribution in [0.1, 0.15) is 25.6 Å². The number of imidazole rings is 1. The number of piperidine rings is 1. The minimum absolute atomic E-state index is 0.117. The van der Waals surface area contributed by atoms with Gasteiger partial charge in [0.1, 0.15) is 5.82 Å². The molecule has 8 heteroatoms. The van der Waals surface area contributed by atoms with Crippen LogP contribution in [-0.2, 0) is 13.1 Å². The van der Waals surface area contributed by atoms with E-state index in [0.29, 0.717) is 5.84 Å². The smallest absolute Gasteiger partial charge is 0.334 e. The number of benzene rings is 1. The summed E-state index contributed by atoms with van der Waals surface area (Å²) in [4.78, 5) is 23.5. The number of aryl methyl sites for hydroxylation is 1. The van der Waals surface area contributed by atoms with Gasteiger partial charge in [0.2, 0.25) is 0 Å². The van der Waals surface area contributed by atoms with E-state index in [4.69, 9.17) is 5.41 Å². The van der Waals surface area contributed by atoms with Crippen LogP contribution in [0.15, 0.2) is 49.1 Å². The maximum absolute atomic E-state index is 12.6. The lowest BCUT2D eigenvalue weighted by Crippen LogP contribution is -2.58. The molecular formula is C22H28N7O+. The van der Waals surface area contributed by atoms with Crippen molar-refractivity contribution in [2.75, 3.05) is 18.4 Å². The lowest BCUT2D eigenvalue weighted by atomic mass is 9.96. The van der Waals surface area contributed by atoms with Gasteiger partial charge >= 0.3 is 6.03 Å². The molecule has 0 radical (unpaired) electrons. The SMILES string of the molecule is CCn1ccnc1CN1CCCC(C(=[NH2+])NC(=O)Nc2cccc3cnccc23)C1. The van der Waals surface area contributed by atoms with Gasteiger partial charge in [-0.1, -0.05) is 12.1 Å². The summed E-state index contributed by atoms with van der Waals surface area (Å²) >= 11 is 0. The zero-order valence-electron chi connectivity index (χ0n) is 17.2. The molecule has 1 aromatic carbocycles. The van der Waals surface area contributed by atoms with E-state index < -0.39 is 0 Å². The monoisotopic (exact) mass is 406 g/mol. The number of amidine groups is 1. The number of nitrogens with zero attached hydrogens (tertiary/aromatic N) is 4. The molecule has 30 heavy (non-hydrogen) atoms. The Bertz CT molecular complexity index is 1040. The van der Waals surface area contributed by atoms with Crippen molar-refractivity contribution in [3.05, 3.63) is 54.9 Å². The van der Waals surface area contributed by atoms with Gasteiger partial charge in [0.25, 0.3) is 5.84 Å². The zero-order chi connectivity index (χ0) is 20.9. The molecule has 4 N–H and O–H groups in total. The summed E-state index contributed by atoms with van der Waals surface area (Å²) in [5.41, 5.74) is 0.733. The van der Waals surface area contributed by atoms with Crippen LogP contribution in [0, 0.1) is 5.92 Å². The van der Waals surface area contributed by atoms with Crippen LogP contribution in [-0.4, -0.2) is 44.4 Å². The average Bonchev–Trinajstić information content (AvgIpc) is 3.21. The molecule has 1 atom stereocenters. The number of anilines is 1. The number of rotatable bonds is 5. The fourth-order valence-corrected chi connectivity index (χ4v) is 4.05. The maximum atomic E-state index is 12.6. The maximum Gasteiger partial charge on any atom is 0.410 e. The third-order valence-corrected chi connectivity index (χ3v) is 5.64. The van der Waals surface area contributed by atoms with Gasteiger partial charge < -0.3 is 4.57 Å². The Balaban J connectivity index is 1.35. The highest BCUT2D eigenvalue weighted by Gasteiger charge is 2.29. The van der Waals surface area contributed by atoms with E-state index in [9.17, 15) is 4.79 Å². The lowest BCUT2D eigenvalue weighted by molar-refractivity contribution is -0.125. The van der Waals surface area contributed by atoms with Crippen molar-refractivity contribution in [1.82, 2.24) is 24.8 Å². The standard InChI is InChI=1S/C22H27N7O/c1-2-29-12-10-25-20(29)15-28-11-4-6-17(14-28)21(23)27-22(30)26-19-7-3-5-16-13-24-9-8-18(16)19/h3,5,7-10,12-13,17H,2,4,6,11,14-15H2,1H3,(H3,23,26,27,30)/p+1. The molecule has 2 amide bonds. The molecule has 2 aromatic heterocycles. The van der Waals surface area contributed by atoms with Gasteiger partial charge in [-0.2, -0.15) is 5.32 Å². The molecule has 156 valence electrons. The first kappa shape index (κ1) is 20.0. The molecule has 1 unspecified atom stereocenters. The number of hydrogen-bond acceptors (Lipinski definition) is 4. The second-order valence-corrected chi connectivity index (χ2v) is 7.64. The van der Waals surface area contributed by atoms with Gasteiger partial charge in [-0.05, 0) is 38.4 Å². The highest BCUT2D eigenvalue weighted by Crippen LogP contribution is 2.22. The van der Waals surface area contributed by atoms with Crippen LogP contribution in [0.25, 0.3) is 10.8 Å². The molecule has 0 bridgehead atoms. The fraction of sp³-hybridized carbons (Fsp3) is 0.364. The number of carbonyl (C=O) groups is 1. The largest absolute Gasteiger partial charge is 0.410 e. The molecular weight excluding hydrogens is 378 g/mol. The molecule has 1 aliphatic heterocycles. The van der Waals surface area contributed by atoms with Crippen molar-refractivity contribution < 1.29 is 10.2 Å². The van der Waals surface area contributed by atoms with Gasteiger partial charge in [-0.3, -0.25) is 20.6 Å². The molecule has 0 spiro atoms. The normalized spacial score (nSPS) is 17.0. The third-order valence-electron chi connectivity index (χ3n) is 5.64. The zero-order valence-corrected chi connectivity index (χ0v) is 17.2. The molecule has 3 heterocycles. The molecule has 3 aromatic rings. The molecule has 1 saturated heterocycles. The first-order valence-corrected chi connectivity index (χ1v) is 10.4. The van der Waals surface area contributed by atoms with Crippen LogP contribution < -0.4 is 16.0 Å². The van der Waals surface area contributed by atoms with Crippen molar-refractivity contribution in [2.45, 2.75) is 32.9 Å². The summed E-state index contributed by atoms with van der Waals surface area (Å²) in [5.74, 6) is 1.69. The average molecular weight is 407 g/mol. The third kappa shape index (κ3) is 4.49. The van der Waals surface area contributed by atoms with Gasteiger partial charge in [-0.25, -0.2) is 9.78 Å². The Morgan fingerprint density at radius 2 is 2.20 bits per heavy atom. The Hall–Kier alpha value is -3.26. The van der Waals surface area contributed by atoms with E-state index in [-0.39, 0.29) is 11.9 Å². The van der Waals surface area contributed by atoms with E-state index >= 15 is 0 Å². The summed E-state index contributed by atoms with van der Waals surface area (Å²) in [6.45, 7) is 5.64. The molecule has 8 nitrogen and oxygen atoms in total. The Morgan fingerprint density at radius 1 is 1.30 bits per heavy atom. The second kappa shape index (κ2) is 9.04.